The number of hydrogen-bond donors (Lipinski definition) is 0. The SMILES string of the molecule is CC1=C[CH]C(C2=C[CH]C(C)C=C2)C=C1. The second-order valence-corrected chi connectivity index (χ2v) is 4.07. The first kappa shape index (κ1) is 9.51. The van der Waals surface area contributed by atoms with Crippen LogP contribution in [0.2, 0.25) is 0 Å². The summed E-state index contributed by atoms with van der Waals surface area (Å²) in [7, 11) is 0. The van der Waals surface area contributed by atoms with Crippen LogP contribution in [0.3, 0.4) is 0 Å². The van der Waals surface area contributed by atoms with Crippen molar-refractivity contribution < 1.29 is 0 Å². The third-order valence-corrected chi connectivity index (χ3v) is 2.70. The molecule has 2 unspecified atom stereocenters. The Balaban J connectivity index is 2.05. The maximum atomic E-state index is 2.26. The van der Waals surface area contributed by atoms with E-state index in [2.05, 4.69) is 63.1 Å². The second-order valence-electron chi connectivity index (χ2n) is 4.07. The number of rotatable bonds is 1. The Labute approximate surface area is 86.7 Å². The van der Waals surface area contributed by atoms with E-state index in [-0.39, 0.29) is 0 Å². The van der Waals surface area contributed by atoms with Gasteiger partial charge in [-0.3, -0.25) is 0 Å². The predicted molar refractivity (Wildman–Crippen MR) is 61.4 cm³/mol. The molecule has 0 spiro atoms. The lowest BCUT2D eigenvalue weighted by molar-refractivity contribution is 0.838. The van der Waals surface area contributed by atoms with Gasteiger partial charge in [0.2, 0.25) is 0 Å². The highest BCUT2D eigenvalue weighted by molar-refractivity contribution is 5.40. The van der Waals surface area contributed by atoms with Crippen molar-refractivity contribution in [2.45, 2.75) is 13.8 Å². The van der Waals surface area contributed by atoms with Gasteiger partial charge < -0.3 is 0 Å². The molecular weight excluding hydrogens is 168 g/mol. The minimum Gasteiger partial charge on any atom is -0.0808 e. The van der Waals surface area contributed by atoms with Gasteiger partial charge in [-0.1, -0.05) is 49.0 Å². The first-order valence-corrected chi connectivity index (χ1v) is 5.19. The lowest BCUT2D eigenvalue weighted by Gasteiger charge is -2.19. The number of hydrogen-bond acceptors (Lipinski definition) is 0. The molecule has 0 heterocycles. The van der Waals surface area contributed by atoms with E-state index in [0.29, 0.717) is 11.8 Å². The lowest BCUT2D eigenvalue weighted by atomic mass is 9.86. The van der Waals surface area contributed by atoms with Crippen molar-refractivity contribution in [3.05, 3.63) is 60.4 Å². The molecule has 0 N–H and O–H groups in total. The largest absolute Gasteiger partial charge is 0.0808 e. The highest BCUT2D eigenvalue weighted by atomic mass is 14.2. The van der Waals surface area contributed by atoms with E-state index in [1.54, 1.807) is 0 Å². The monoisotopic (exact) mass is 184 g/mol. The van der Waals surface area contributed by atoms with Gasteiger partial charge in [-0.05, 0) is 31.3 Å². The van der Waals surface area contributed by atoms with Gasteiger partial charge >= 0.3 is 0 Å². The van der Waals surface area contributed by atoms with Gasteiger partial charge in [0.25, 0.3) is 0 Å². The zero-order valence-electron chi connectivity index (χ0n) is 8.77. The smallest absolute Gasteiger partial charge is 0.00870 e. The van der Waals surface area contributed by atoms with Gasteiger partial charge in [-0.25, -0.2) is 0 Å². The molecule has 0 bridgehead atoms. The topological polar surface area (TPSA) is 0 Å². The summed E-state index contributed by atoms with van der Waals surface area (Å²) in [6.45, 7) is 4.33. The molecule has 2 aliphatic rings. The Kier molecular flexibility index (Phi) is 2.72. The van der Waals surface area contributed by atoms with E-state index in [1.165, 1.54) is 11.1 Å². The summed E-state index contributed by atoms with van der Waals surface area (Å²) >= 11 is 0. The molecule has 2 aliphatic carbocycles. The quantitative estimate of drug-likeness (QED) is 0.583. The molecule has 0 aliphatic heterocycles. The number of allylic oxidation sites excluding steroid dienone is 8. The summed E-state index contributed by atoms with van der Waals surface area (Å²) in [6.07, 6.45) is 17.9. The first-order valence-electron chi connectivity index (χ1n) is 5.19. The molecule has 0 aromatic heterocycles. The summed E-state index contributed by atoms with van der Waals surface area (Å²) in [5.74, 6) is 1.06. The molecule has 0 aromatic carbocycles. The van der Waals surface area contributed by atoms with Gasteiger partial charge in [0.1, 0.15) is 0 Å². The van der Waals surface area contributed by atoms with Gasteiger partial charge in [-0.15, -0.1) is 0 Å². The normalized spacial score (nSPS) is 31.3. The van der Waals surface area contributed by atoms with Crippen molar-refractivity contribution in [3.63, 3.8) is 0 Å². The Morgan fingerprint density at radius 1 is 1.00 bits per heavy atom. The van der Waals surface area contributed by atoms with E-state index in [9.17, 15) is 0 Å². The summed E-state index contributed by atoms with van der Waals surface area (Å²) in [4.78, 5) is 0. The van der Waals surface area contributed by atoms with Gasteiger partial charge in [0.15, 0.2) is 0 Å². The van der Waals surface area contributed by atoms with Gasteiger partial charge in [0.05, 0.1) is 0 Å². The summed E-state index contributed by atoms with van der Waals surface area (Å²) < 4.78 is 0. The third-order valence-electron chi connectivity index (χ3n) is 2.70. The van der Waals surface area contributed by atoms with Crippen LogP contribution in [0, 0.1) is 24.7 Å². The van der Waals surface area contributed by atoms with Crippen LogP contribution in [-0.2, 0) is 0 Å². The maximum absolute atomic E-state index is 2.26. The van der Waals surface area contributed by atoms with Gasteiger partial charge in [-0.2, -0.15) is 0 Å². The minimum atomic E-state index is 0.471. The van der Waals surface area contributed by atoms with Crippen LogP contribution in [0.1, 0.15) is 13.8 Å². The molecule has 2 radical (unpaired) electrons. The van der Waals surface area contributed by atoms with Crippen molar-refractivity contribution in [1.82, 2.24) is 0 Å². The highest BCUT2D eigenvalue weighted by Gasteiger charge is 2.13. The zero-order chi connectivity index (χ0) is 9.97. The molecule has 14 heavy (non-hydrogen) atoms. The van der Waals surface area contributed by atoms with Crippen molar-refractivity contribution in [3.8, 4) is 0 Å². The van der Waals surface area contributed by atoms with Crippen molar-refractivity contribution in [1.29, 1.82) is 0 Å². The van der Waals surface area contributed by atoms with Crippen molar-refractivity contribution >= 4 is 0 Å². The van der Waals surface area contributed by atoms with Crippen LogP contribution in [0.4, 0.5) is 0 Å². The summed E-state index contributed by atoms with van der Waals surface area (Å²) in [5, 5.41) is 0. The lowest BCUT2D eigenvalue weighted by Crippen LogP contribution is -2.06. The minimum absolute atomic E-state index is 0.471. The van der Waals surface area contributed by atoms with Crippen LogP contribution in [0.5, 0.6) is 0 Å². The van der Waals surface area contributed by atoms with Crippen LogP contribution in [0.15, 0.2) is 47.6 Å². The fourth-order valence-corrected chi connectivity index (χ4v) is 1.72. The van der Waals surface area contributed by atoms with E-state index < -0.39 is 0 Å². The Hall–Kier alpha value is -1.04. The Morgan fingerprint density at radius 2 is 1.86 bits per heavy atom. The first-order chi connectivity index (χ1) is 6.75. The molecule has 2 atom stereocenters. The summed E-state index contributed by atoms with van der Waals surface area (Å²) in [6, 6.07) is 0. The van der Waals surface area contributed by atoms with Crippen LogP contribution < -0.4 is 0 Å². The molecule has 0 nitrogen and oxygen atoms in total. The average Bonchev–Trinajstić information content (AvgIpc) is 2.21. The van der Waals surface area contributed by atoms with Crippen LogP contribution in [-0.4, -0.2) is 0 Å². The molecule has 0 amide bonds. The van der Waals surface area contributed by atoms with E-state index in [1.807, 2.05) is 0 Å². The van der Waals surface area contributed by atoms with Crippen LogP contribution in [0.25, 0.3) is 0 Å². The van der Waals surface area contributed by atoms with E-state index in [0.717, 1.165) is 0 Å². The fourth-order valence-electron chi connectivity index (χ4n) is 1.72. The molecule has 72 valence electrons. The molecule has 0 aromatic rings. The van der Waals surface area contributed by atoms with E-state index >= 15 is 0 Å². The molecule has 0 saturated heterocycles. The molecule has 0 saturated carbocycles. The standard InChI is InChI=1S/C14H16/c1-11-3-7-13(8-4-11)14-9-5-12(2)6-10-14/h3-11,14H,1-2H3. The molecule has 0 heteroatoms. The van der Waals surface area contributed by atoms with Crippen molar-refractivity contribution in [2.75, 3.05) is 0 Å². The maximum Gasteiger partial charge on any atom is 0.00870 e. The van der Waals surface area contributed by atoms with E-state index in [4.69, 9.17) is 0 Å². The second kappa shape index (κ2) is 4.00. The van der Waals surface area contributed by atoms with Gasteiger partial charge in [0, 0.05) is 5.92 Å². The fraction of sp³-hybridized carbons (Fsp3) is 0.286. The van der Waals surface area contributed by atoms with Crippen LogP contribution >= 0.6 is 0 Å². The zero-order valence-corrected chi connectivity index (χ0v) is 8.77. The van der Waals surface area contributed by atoms with Crippen molar-refractivity contribution in [2.24, 2.45) is 11.8 Å². The third kappa shape index (κ3) is 2.06. The molecular formula is C14H16. The predicted octanol–water partition coefficient (Wildman–Crippen LogP) is 3.66. The molecule has 2 rings (SSSR count). The molecule has 0 fully saturated rings. The Bertz CT molecular complexity index is 326. The highest BCUT2D eigenvalue weighted by Crippen LogP contribution is 2.27. The average molecular weight is 184 g/mol. The summed E-state index contributed by atoms with van der Waals surface area (Å²) in [5.41, 5.74) is 2.72. The Morgan fingerprint density at radius 3 is 2.43 bits per heavy atom.